The SMILES string of the molecule is COc1cccc2[nH]c(C(=O)N[C@@H](CCC(C)C)C(=O)N3C[C@]4(C[C@H]3C=O)C(=O)N(C)c3ccccc34)cc12. The minimum Gasteiger partial charge on any atom is -0.496 e. The molecule has 0 radical (unpaired) electrons. The smallest absolute Gasteiger partial charge is 0.268 e. The largest absolute Gasteiger partial charge is 0.496 e. The number of para-hydroxylation sites is 1. The van der Waals surface area contributed by atoms with Crippen LogP contribution in [-0.4, -0.2) is 66.7 Å². The number of aromatic amines is 1. The average Bonchev–Trinajstić information content (AvgIpc) is 3.61. The zero-order valence-electron chi connectivity index (χ0n) is 22.7. The number of likely N-dealkylation sites (N-methyl/N-ethyl adjacent to an activating group) is 1. The number of carbonyl (C=O) groups is 4. The van der Waals surface area contributed by atoms with E-state index in [2.05, 4.69) is 24.1 Å². The molecule has 2 aliphatic rings. The van der Waals surface area contributed by atoms with Gasteiger partial charge in [0, 0.05) is 30.2 Å². The van der Waals surface area contributed by atoms with Gasteiger partial charge in [-0.1, -0.05) is 38.1 Å². The number of aromatic nitrogens is 1. The molecule has 9 nitrogen and oxygen atoms in total. The second-order valence-corrected chi connectivity index (χ2v) is 10.9. The number of benzene rings is 2. The molecular weight excluding hydrogens is 496 g/mol. The fourth-order valence-corrected chi connectivity index (χ4v) is 5.99. The summed E-state index contributed by atoms with van der Waals surface area (Å²) in [6.45, 7) is 4.19. The number of anilines is 1. The molecule has 3 heterocycles. The molecule has 2 aliphatic heterocycles. The van der Waals surface area contributed by atoms with Gasteiger partial charge in [0.15, 0.2) is 0 Å². The molecule has 0 unspecified atom stereocenters. The van der Waals surface area contributed by atoms with E-state index in [-0.39, 0.29) is 24.8 Å². The number of likely N-dealkylation sites (tertiary alicyclic amines) is 1. The molecule has 0 bridgehead atoms. The van der Waals surface area contributed by atoms with Crippen molar-refractivity contribution in [1.29, 1.82) is 0 Å². The number of ether oxygens (including phenoxy) is 1. The number of hydrogen-bond donors (Lipinski definition) is 2. The van der Waals surface area contributed by atoms with E-state index in [0.717, 1.165) is 28.4 Å². The van der Waals surface area contributed by atoms with Crippen LogP contribution < -0.4 is 15.0 Å². The number of carbonyl (C=O) groups excluding carboxylic acids is 4. The van der Waals surface area contributed by atoms with Crippen molar-refractivity contribution >= 4 is 40.6 Å². The number of amides is 3. The first kappa shape index (κ1) is 26.5. The van der Waals surface area contributed by atoms with E-state index in [1.54, 1.807) is 25.1 Å². The monoisotopic (exact) mass is 530 g/mol. The zero-order valence-corrected chi connectivity index (χ0v) is 22.7. The Kier molecular flexibility index (Phi) is 6.92. The molecule has 0 saturated carbocycles. The van der Waals surface area contributed by atoms with Gasteiger partial charge in [-0.05, 0) is 55.0 Å². The molecule has 39 heavy (non-hydrogen) atoms. The van der Waals surface area contributed by atoms with Crippen molar-refractivity contribution in [2.75, 3.05) is 25.6 Å². The van der Waals surface area contributed by atoms with Crippen LogP contribution in [0.15, 0.2) is 48.5 Å². The van der Waals surface area contributed by atoms with Gasteiger partial charge in [-0.3, -0.25) is 14.4 Å². The van der Waals surface area contributed by atoms with E-state index in [1.165, 1.54) is 4.90 Å². The summed E-state index contributed by atoms with van der Waals surface area (Å²) in [6, 6.07) is 13.1. The van der Waals surface area contributed by atoms with Crippen molar-refractivity contribution in [1.82, 2.24) is 15.2 Å². The maximum absolute atomic E-state index is 14.0. The highest BCUT2D eigenvalue weighted by molar-refractivity contribution is 6.09. The Hall–Kier alpha value is -4.14. The highest BCUT2D eigenvalue weighted by Crippen LogP contribution is 2.48. The summed E-state index contributed by atoms with van der Waals surface area (Å²) < 4.78 is 5.41. The molecule has 1 aromatic heterocycles. The summed E-state index contributed by atoms with van der Waals surface area (Å²) in [4.78, 5) is 59.3. The van der Waals surface area contributed by atoms with Crippen molar-refractivity contribution < 1.29 is 23.9 Å². The first-order valence-corrected chi connectivity index (χ1v) is 13.3. The lowest BCUT2D eigenvalue weighted by molar-refractivity contribution is -0.136. The van der Waals surface area contributed by atoms with E-state index < -0.39 is 23.4 Å². The van der Waals surface area contributed by atoms with E-state index in [0.29, 0.717) is 30.2 Å². The zero-order chi connectivity index (χ0) is 27.9. The third kappa shape index (κ3) is 4.45. The molecule has 9 heteroatoms. The lowest BCUT2D eigenvalue weighted by Crippen LogP contribution is -2.51. The van der Waals surface area contributed by atoms with Gasteiger partial charge in [0.05, 0.1) is 18.6 Å². The van der Waals surface area contributed by atoms with Crippen molar-refractivity contribution in [3.8, 4) is 5.75 Å². The number of H-pyrrole nitrogens is 1. The number of aldehydes is 1. The highest BCUT2D eigenvalue weighted by atomic mass is 16.5. The highest BCUT2D eigenvalue weighted by Gasteiger charge is 2.57. The Morgan fingerprint density at radius 2 is 1.95 bits per heavy atom. The molecule has 1 spiro atoms. The van der Waals surface area contributed by atoms with Crippen molar-refractivity contribution in [2.24, 2.45) is 5.92 Å². The quantitative estimate of drug-likeness (QED) is 0.434. The lowest BCUT2D eigenvalue weighted by atomic mass is 9.79. The number of fused-ring (bicyclic) bond motifs is 3. The Morgan fingerprint density at radius 1 is 1.18 bits per heavy atom. The summed E-state index contributed by atoms with van der Waals surface area (Å²) in [7, 11) is 3.29. The van der Waals surface area contributed by atoms with Crippen LogP contribution in [0.3, 0.4) is 0 Å². The van der Waals surface area contributed by atoms with Crippen molar-refractivity contribution in [3.05, 3.63) is 59.8 Å². The summed E-state index contributed by atoms with van der Waals surface area (Å²) in [6.07, 6.45) is 2.07. The van der Waals surface area contributed by atoms with Crippen LogP contribution in [0.5, 0.6) is 5.75 Å². The third-order valence-corrected chi connectivity index (χ3v) is 8.06. The van der Waals surface area contributed by atoms with E-state index in [1.807, 2.05) is 42.5 Å². The molecule has 2 N–H and O–H groups in total. The van der Waals surface area contributed by atoms with Crippen LogP contribution in [0.2, 0.25) is 0 Å². The normalized spacial score (nSPS) is 21.1. The Morgan fingerprint density at radius 3 is 2.67 bits per heavy atom. The first-order valence-electron chi connectivity index (χ1n) is 13.3. The predicted molar refractivity (Wildman–Crippen MR) is 148 cm³/mol. The Labute approximate surface area is 227 Å². The topological polar surface area (TPSA) is 112 Å². The predicted octanol–water partition coefficient (Wildman–Crippen LogP) is 3.43. The Balaban J connectivity index is 1.43. The standard InChI is InChI=1S/C30H34N4O5/c1-18(2)12-13-23(32-27(36)24-14-20-22(31-24)9-7-11-26(20)39-4)28(37)34-17-30(15-19(34)16-35)21-8-5-6-10-25(21)33(3)29(30)38/h5-11,14,16,18-19,23,31H,12-13,15,17H2,1-4H3,(H,32,36)/t19-,23-,30-/m0/s1. The fraction of sp³-hybridized carbons (Fsp3) is 0.400. The lowest BCUT2D eigenvalue weighted by Gasteiger charge is -2.28. The molecule has 1 saturated heterocycles. The fourth-order valence-electron chi connectivity index (χ4n) is 5.99. The second kappa shape index (κ2) is 10.2. The van der Waals surface area contributed by atoms with Gasteiger partial charge in [0.2, 0.25) is 11.8 Å². The van der Waals surface area contributed by atoms with E-state index >= 15 is 0 Å². The van der Waals surface area contributed by atoms with Crippen molar-refractivity contribution in [2.45, 2.75) is 50.6 Å². The average molecular weight is 531 g/mol. The summed E-state index contributed by atoms with van der Waals surface area (Å²) in [5.74, 6) is 0.0391. The van der Waals surface area contributed by atoms with Crippen LogP contribution in [-0.2, 0) is 19.8 Å². The van der Waals surface area contributed by atoms with Crippen LogP contribution in [0.4, 0.5) is 5.69 Å². The summed E-state index contributed by atoms with van der Waals surface area (Å²) in [5, 5.41) is 3.68. The van der Waals surface area contributed by atoms with Gasteiger partial charge in [-0.15, -0.1) is 0 Å². The molecule has 3 aromatic rings. The first-order chi connectivity index (χ1) is 18.7. The number of rotatable bonds is 8. The van der Waals surface area contributed by atoms with Crippen LogP contribution in [0, 0.1) is 5.92 Å². The van der Waals surface area contributed by atoms with E-state index in [9.17, 15) is 19.2 Å². The molecule has 1 fully saturated rings. The molecular formula is C30H34N4O5. The van der Waals surface area contributed by atoms with Gasteiger partial charge in [-0.2, -0.15) is 0 Å². The van der Waals surface area contributed by atoms with Crippen LogP contribution >= 0.6 is 0 Å². The van der Waals surface area contributed by atoms with Crippen LogP contribution in [0.25, 0.3) is 10.9 Å². The molecule has 204 valence electrons. The number of methoxy groups -OCH3 is 1. The number of nitrogens with one attached hydrogen (secondary N) is 2. The minimum absolute atomic E-state index is 0.0903. The molecule has 2 aromatic carbocycles. The third-order valence-electron chi connectivity index (χ3n) is 8.06. The van der Waals surface area contributed by atoms with Gasteiger partial charge < -0.3 is 29.6 Å². The maximum Gasteiger partial charge on any atom is 0.268 e. The molecule has 3 amide bonds. The van der Waals surface area contributed by atoms with Gasteiger partial charge in [-0.25, -0.2) is 0 Å². The Bertz CT molecular complexity index is 1450. The van der Waals surface area contributed by atoms with Crippen molar-refractivity contribution in [3.63, 3.8) is 0 Å². The van der Waals surface area contributed by atoms with Gasteiger partial charge in [0.1, 0.15) is 23.8 Å². The molecule has 5 rings (SSSR count). The van der Waals surface area contributed by atoms with Gasteiger partial charge >= 0.3 is 0 Å². The van der Waals surface area contributed by atoms with Crippen LogP contribution in [0.1, 0.15) is 49.2 Å². The number of nitrogens with zero attached hydrogens (tertiary/aromatic N) is 2. The summed E-state index contributed by atoms with van der Waals surface area (Å²) in [5.41, 5.74) is 1.69. The van der Waals surface area contributed by atoms with E-state index in [4.69, 9.17) is 4.74 Å². The maximum atomic E-state index is 14.0. The molecule has 0 aliphatic carbocycles. The van der Waals surface area contributed by atoms with Gasteiger partial charge in [0.25, 0.3) is 5.91 Å². The minimum atomic E-state index is -0.979. The summed E-state index contributed by atoms with van der Waals surface area (Å²) >= 11 is 0. The number of hydrogen-bond acceptors (Lipinski definition) is 5. The molecule has 3 atom stereocenters. The second-order valence-electron chi connectivity index (χ2n) is 10.9.